The second-order valence-electron chi connectivity index (χ2n) is 6.63. The molecule has 0 fully saturated rings. The highest BCUT2D eigenvalue weighted by Gasteiger charge is 2.41. The van der Waals surface area contributed by atoms with Crippen LogP contribution in [0.5, 0.6) is 0 Å². The molecule has 3 aromatic carbocycles. The number of hydrogen-bond donors (Lipinski definition) is 0. The Morgan fingerprint density at radius 3 is 2.10 bits per heavy atom. The van der Waals surface area contributed by atoms with Crippen molar-refractivity contribution in [2.24, 2.45) is 0 Å². The Morgan fingerprint density at radius 2 is 1.55 bits per heavy atom. The molecule has 1 aliphatic heterocycles. The highest BCUT2D eigenvalue weighted by molar-refractivity contribution is 9.10. The molecule has 5 nitrogen and oxygen atoms in total. The largest absolute Gasteiger partial charge is 0.466 e. The van der Waals surface area contributed by atoms with E-state index in [1.807, 2.05) is 12.1 Å². The maximum atomic E-state index is 13.5. The molecule has 6 heteroatoms. The molecular weight excluding hydrogens is 434 g/mol. The molecule has 29 heavy (non-hydrogen) atoms. The Morgan fingerprint density at radius 1 is 0.966 bits per heavy atom. The number of benzene rings is 3. The first kappa shape index (κ1) is 19.1. The van der Waals surface area contributed by atoms with Gasteiger partial charge < -0.3 is 4.74 Å². The molecule has 0 radical (unpaired) electrons. The zero-order chi connectivity index (χ0) is 20.7. The number of ether oxygens (including phenoxy) is 1. The number of carbonyl (C=O) groups is 3. The van der Waals surface area contributed by atoms with Crippen LogP contribution in [0.1, 0.15) is 32.3 Å². The van der Waals surface area contributed by atoms with E-state index in [-0.39, 0.29) is 5.57 Å². The van der Waals surface area contributed by atoms with Gasteiger partial charge in [-0.25, -0.2) is 4.79 Å². The summed E-state index contributed by atoms with van der Waals surface area (Å²) in [6.45, 7) is 3.85. The molecule has 0 spiro atoms. The first-order chi connectivity index (χ1) is 14.0. The number of halogens is 1. The van der Waals surface area contributed by atoms with Gasteiger partial charge in [0.1, 0.15) is 0 Å². The number of rotatable bonds is 4. The maximum Gasteiger partial charge on any atom is 0.335 e. The van der Waals surface area contributed by atoms with Gasteiger partial charge >= 0.3 is 5.97 Å². The average Bonchev–Trinajstić information content (AvgIpc) is 2.74. The molecule has 0 bridgehead atoms. The summed E-state index contributed by atoms with van der Waals surface area (Å²) in [4.78, 5) is 40.3. The molecule has 2 amide bonds. The summed E-state index contributed by atoms with van der Waals surface area (Å²) in [5.41, 5.74) is 1.38. The van der Waals surface area contributed by atoms with Crippen molar-refractivity contribution >= 4 is 44.5 Å². The van der Waals surface area contributed by atoms with Crippen LogP contribution in [0.25, 0.3) is 10.8 Å². The molecule has 0 N–H and O–H groups in total. The normalized spacial score (nSPS) is 14.1. The molecule has 1 atom stereocenters. The van der Waals surface area contributed by atoms with E-state index in [9.17, 15) is 14.4 Å². The molecule has 4 rings (SSSR count). The van der Waals surface area contributed by atoms with Crippen LogP contribution >= 0.6 is 15.9 Å². The second-order valence-corrected chi connectivity index (χ2v) is 7.48. The van der Waals surface area contributed by atoms with Crippen molar-refractivity contribution < 1.29 is 19.1 Å². The fraction of sp³-hybridized carbons (Fsp3) is 0.0870. The summed E-state index contributed by atoms with van der Waals surface area (Å²) >= 11 is 3.46. The first-order valence-electron chi connectivity index (χ1n) is 8.87. The predicted molar refractivity (Wildman–Crippen MR) is 112 cm³/mol. The lowest BCUT2D eigenvalue weighted by Crippen LogP contribution is -2.44. The van der Waals surface area contributed by atoms with Gasteiger partial charge in [0.25, 0.3) is 11.8 Å². The van der Waals surface area contributed by atoms with E-state index in [0.29, 0.717) is 26.5 Å². The van der Waals surface area contributed by atoms with Gasteiger partial charge in [-0.1, -0.05) is 65.0 Å². The Labute approximate surface area is 175 Å². The fourth-order valence-electron chi connectivity index (χ4n) is 3.71. The van der Waals surface area contributed by atoms with E-state index >= 15 is 0 Å². The molecule has 1 heterocycles. The standard InChI is InChI=1S/C23H16BrNO4/c1-13(23(28)29-2)20(15-9-3-4-12-18(15)24)25-21(26)16-10-5-7-14-8-6-11-17(19(14)16)22(25)27/h3-12,20H,1H2,2H3/t20-/m1/s1. The van der Waals surface area contributed by atoms with Crippen LogP contribution in [0, 0.1) is 0 Å². The monoisotopic (exact) mass is 449 g/mol. The average molecular weight is 450 g/mol. The van der Waals surface area contributed by atoms with E-state index in [2.05, 4.69) is 22.5 Å². The number of amides is 2. The van der Waals surface area contributed by atoms with Crippen LogP contribution in [0.3, 0.4) is 0 Å². The third-order valence-corrected chi connectivity index (χ3v) is 5.76. The van der Waals surface area contributed by atoms with Crippen molar-refractivity contribution in [3.05, 3.63) is 94.0 Å². The van der Waals surface area contributed by atoms with Gasteiger partial charge in [-0.15, -0.1) is 0 Å². The molecular formula is C23H16BrNO4. The molecule has 144 valence electrons. The van der Waals surface area contributed by atoms with Gasteiger partial charge in [-0.3, -0.25) is 14.5 Å². The van der Waals surface area contributed by atoms with E-state index in [1.165, 1.54) is 7.11 Å². The number of carbonyl (C=O) groups excluding carboxylic acids is 3. The maximum absolute atomic E-state index is 13.5. The molecule has 0 saturated carbocycles. The van der Waals surface area contributed by atoms with Crippen LogP contribution in [-0.2, 0) is 9.53 Å². The van der Waals surface area contributed by atoms with Gasteiger partial charge in [0.05, 0.1) is 18.7 Å². The van der Waals surface area contributed by atoms with E-state index < -0.39 is 23.8 Å². The lowest BCUT2D eigenvalue weighted by Gasteiger charge is -2.34. The minimum absolute atomic E-state index is 0.00680. The van der Waals surface area contributed by atoms with E-state index in [0.717, 1.165) is 10.3 Å². The van der Waals surface area contributed by atoms with Crippen molar-refractivity contribution in [2.75, 3.05) is 7.11 Å². The summed E-state index contributed by atoms with van der Waals surface area (Å²) in [6, 6.07) is 16.7. The highest BCUT2D eigenvalue weighted by Crippen LogP contribution is 2.39. The number of esters is 1. The Bertz CT molecular complexity index is 1150. The minimum atomic E-state index is -1.01. The van der Waals surface area contributed by atoms with Gasteiger partial charge in [-0.05, 0) is 29.1 Å². The first-order valence-corrected chi connectivity index (χ1v) is 9.66. The quantitative estimate of drug-likeness (QED) is 0.329. The van der Waals surface area contributed by atoms with Crippen LogP contribution in [0.2, 0.25) is 0 Å². The van der Waals surface area contributed by atoms with Crippen LogP contribution in [0.4, 0.5) is 0 Å². The molecule has 0 unspecified atom stereocenters. The van der Waals surface area contributed by atoms with Crippen LogP contribution < -0.4 is 0 Å². The second kappa shape index (κ2) is 7.29. The van der Waals surface area contributed by atoms with Gasteiger partial charge in [0, 0.05) is 21.0 Å². The Hall–Kier alpha value is -3.25. The molecule has 0 aliphatic carbocycles. The summed E-state index contributed by atoms with van der Waals surface area (Å²) in [5, 5.41) is 1.43. The summed E-state index contributed by atoms with van der Waals surface area (Å²) in [5.74, 6) is -1.65. The van der Waals surface area contributed by atoms with Gasteiger partial charge in [0.2, 0.25) is 0 Å². The topological polar surface area (TPSA) is 63.7 Å². The summed E-state index contributed by atoms with van der Waals surface area (Å²) < 4.78 is 5.49. The zero-order valence-corrected chi connectivity index (χ0v) is 17.1. The summed E-state index contributed by atoms with van der Waals surface area (Å²) in [6.07, 6.45) is 0. The Balaban J connectivity index is 1.95. The minimum Gasteiger partial charge on any atom is -0.466 e. The van der Waals surface area contributed by atoms with Crippen LogP contribution in [0.15, 0.2) is 77.3 Å². The van der Waals surface area contributed by atoms with E-state index in [1.54, 1.807) is 48.5 Å². The fourth-order valence-corrected chi connectivity index (χ4v) is 4.21. The SMILES string of the molecule is C=C(C(=O)OC)[C@H](c1ccccc1Br)N1C(=O)c2cccc3cccc(c23)C1=O. The van der Waals surface area contributed by atoms with E-state index in [4.69, 9.17) is 4.74 Å². The zero-order valence-electron chi connectivity index (χ0n) is 15.5. The number of nitrogens with zero attached hydrogens (tertiary/aromatic N) is 1. The number of hydrogen-bond acceptors (Lipinski definition) is 4. The predicted octanol–water partition coefficient (Wildman–Crippen LogP) is 4.67. The molecule has 0 aromatic heterocycles. The van der Waals surface area contributed by atoms with Gasteiger partial charge in [0.15, 0.2) is 0 Å². The summed E-state index contributed by atoms with van der Waals surface area (Å²) in [7, 11) is 1.24. The van der Waals surface area contributed by atoms with Crippen molar-refractivity contribution in [3.8, 4) is 0 Å². The van der Waals surface area contributed by atoms with Crippen molar-refractivity contribution in [1.82, 2.24) is 4.90 Å². The Kier molecular flexibility index (Phi) is 4.80. The lowest BCUT2D eigenvalue weighted by atomic mass is 9.90. The molecule has 3 aromatic rings. The highest BCUT2D eigenvalue weighted by atomic mass is 79.9. The number of methoxy groups -OCH3 is 1. The van der Waals surface area contributed by atoms with Gasteiger partial charge in [-0.2, -0.15) is 0 Å². The molecule has 0 saturated heterocycles. The third kappa shape index (κ3) is 2.96. The number of imide groups is 1. The molecule has 1 aliphatic rings. The third-order valence-electron chi connectivity index (χ3n) is 5.04. The smallest absolute Gasteiger partial charge is 0.335 e. The van der Waals surface area contributed by atoms with Crippen molar-refractivity contribution in [2.45, 2.75) is 6.04 Å². The van der Waals surface area contributed by atoms with Crippen molar-refractivity contribution in [3.63, 3.8) is 0 Å². The van der Waals surface area contributed by atoms with Crippen molar-refractivity contribution in [1.29, 1.82) is 0 Å². The van der Waals surface area contributed by atoms with Crippen LogP contribution in [-0.4, -0.2) is 29.8 Å². The lowest BCUT2D eigenvalue weighted by molar-refractivity contribution is -0.136.